The zero-order valence-electron chi connectivity index (χ0n) is 9.87. The second-order valence-electron chi connectivity index (χ2n) is 3.84. The molecule has 0 unspecified atom stereocenters. The minimum absolute atomic E-state index is 0.0629. The predicted molar refractivity (Wildman–Crippen MR) is 70.3 cm³/mol. The Hall–Kier alpha value is -2.28. The fourth-order valence-corrected chi connectivity index (χ4v) is 1.93. The fraction of sp³-hybridized carbons (Fsp3) is 0.167. The average molecular weight is 277 g/mol. The van der Waals surface area contributed by atoms with E-state index in [0.29, 0.717) is 12.1 Å². The normalized spacial score (nSPS) is 10.1. The third kappa shape index (κ3) is 3.85. The van der Waals surface area contributed by atoms with Crippen molar-refractivity contribution in [1.29, 1.82) is 0 Å². The number of amides is 1. The molecule has 0 spiro atoms. The molecule has 7 heteroatoms. The van der Waals surface area contributed by atoms with Crippen molar-refractivity contribution in [2.45, 2.75) is 12.8 Å². The highest BCUT2D eigenvalue weighted by molar-refractivity contribution is 6.99. The van der Waals surface area contributed by atoms with Gasteiger partial charge in [-0.2, -0.15) is 8.75 Å². The lowest BCUT2D eigenvalue weighted by Crippen LogP contribution is -2.12. The second kappa shape index (κ2) is 6.05. The molecule has 1 aromatic carbocycles. The van der Waals surface area contributed by atoms with Gasteiger partial charge in [0.1, 0.15) is 0 Å². The van der Waals surface area contributed by atoms with Gasteiger partial charge in [0.25, 0.3) is 5.91 Å². The number of carboxylic acid groups (broad SMARTS) is 1. The van der Waals surface area contributed by atoms with Gasteiger partial charge in [-0.15, -0.1) is 0 Å². The van der Waals surface area contributed by atoms with Crippen LogP contribution in [0.2, 0.25) is 0 Å². The second-order valence-corrected chi connectivity index (χ2v) is 4.40. The van der Waals surface area contributed by atoms with E-state index in [-0.39, 0.29) is 18.0 Å². The predicted octanol–water partition coefficient (Wildman–Crippen LogP) is 1.81. The topological polar surface area (TPSA) is 92.2 Å². The molecule has 2 N–H and O–H groups in total. The Bertz CT molecular complexity index is 584. The zero-order valence-corrected chi connectivity index (χ0v) is 10.7. The molecule has 0 fully saturated rings. The minimum atomic E-state index is -0.844. The summed E-state index contributed by atoms with van der Waals surface area (Å²) in [4.78, 5) is 22.3. The van der Waals surface area contributed by atoms with Crippen molar-refractivity contribution < 1.29 is 14.7 Å². The third-order valence-electron chi connectivity index (χ3n) is 2.41. The molecule has 0 bridgehead atoms. The lowest BCUT2D eigenvalue weighted by Gasteiger charge is -2.05. The first-order valence-electron chi connectivity index (χ1n) is 5.55. The lowest BCUT2D eigenvalue weighted by atomic mass is 10.1. The van der Waals surface area contributed by atoms with Crippen LogP contribution < -0.4 is 5.32 Å². The number of carbonyl (C=O) groups is 2. The van der Waals surface area contributed by atoms with Gasteiger partial charge in [-0.3, -0.25) is 9.59 Å². The smallest absolute Gasteiger partial charge is 0.303 e. The molecule has 19 heavy (non-hydrogen) atoms. The highest BCUT2D eigenvalue weighted by atomic mass is 32.1. The van der Waals surface area contributed by atoms with E-state index in [4.69, 9.17) is 5.11 Å². The molecular formula is C12H11N3O3S. The average Bonchev–Trinajstić information content (AvgIpc) is 2.91. The third-order valence-corrected chi connectivity index (χ3v) is 2.88. The van der Waals surface area contributed by atoms with Crippen LogP contribution >= 0.6 is 11.7 Å². The van der Waals surface area contributed by atoms with Gasteiger partial charge < -0.3 is 10.4 Å². The van der Waals surface area contributed by atoms with Crippen molar-refractivity contribution in [2.75, 3.05) is 5.32 Å². The van der Waals surface area contributed by atoms with E-state index >= 15 is 0 Å². The van der Waals surface area contributed by atoms with Crippen LogP contribution in [-0.2, 0) is 11.2 Å². The van der Waals surface area contributed by atoms with E-state index in [1.54, 1.807) is 18.2 Å². The van der Waals surface area contributed by atoms with E-state index in [2.05, 4.69) is 14.1 Å². The lowest BCUT2D eigenvalue weighted by molar-refractivity contribution is -0.136. The molecular weight excluding hydrogens is 266 g/mol. The van der Waals surface area contributed by atoms with Gasteiger partial charge in [0, 0.05) is 12.1 Å². The first-order valence-corrected chi connectivity index (χ1v) is 6.28. The summed E-state index contributed by atoms with van der Waals surface area (Å²) < 4.78 is 7.59. The Morgan fingerprint density at radius 3 is 2.89 bits per heavy atom. The van der Waals surface area contributed by atoms with Gasteiger partial charge in [0.2, 0.25) is 0 Å². The summed E-state index contributed by atoms with van der Waals surface area (Å²) in [6, 6.07) is 7.08. The fourth-order valence-electron chi connectivity index (χ4n) is 1.52. The Morgan fingerprint density at radius 2 is 2.21 bits per heavy atom. The monoisotopic (exact) mass is 277 g/mol. The number of benzene rings is 1. The quantitative estimate of drug-likeness (QED) is 0.869. The first kappa shape index (κ1) is 13.2. The molecule has 98 valence electrons. The molecule has 2 rings (SSSR count). The van der Waals surface area contributed by atoms with Gasteiger partial charge in [-0.25, -0.2) is 0 Å². The standard InChI is InChI=1S/C12H11N3O3S/c16-11(17)5-4-8-2-1-3-9(6-8)14-12(18)10-7-13-19-15-10/h1-3,6-7H,4-5H2,(H,14,18)(H,16,17). The number of anilines is 1. The summed E-state index contributed by atoms with van der Waals surface area (Å²) in [5, 5.41) is 11.3. The van der Waals surface area contributed by atoms with E-state index in [9.17, 15) is 9.59 Å². The molecule has 0 aliphatic rings. The molecule has 0 aliphatic heterocycles. The maximum Gasteiger partial charge on any atom is 0.303 e. The van der Waals surface area contributed by atoms with Crippen LogP contribution in [0.25, 0.3) is 0 Å². The van der Waals surface area contributed by atoms with Crippen molar-refractivity contribution in [1.82, 2.24) is 8.75 Å². The van der Waals surface area contributed by atoms with Crippen LogP contribution in [0.15, 0.2) is 30.5 Å². The number of nitrogens with one attached hydrogen (secondary N) is 1. The number of hydrogen-bond acceptors (Lipinski definition) is 5. The largest absolute Gasteiger partial charge is 0.481 e. The van der Waals surface area contributed by atoms with Crippen molar-refractivity contribution in [2.24, 2.45) is 0 Å². The summed E-state index contributed by atoms with van der Waals surface area (Å²) in [7, 11) is 0. The zero-order chi connectivity index (χ0) is 13.7. The Balaban J connectivity index is 2.02. The van der Waals surface area contributed by atoms with E-state index in [0.717, 1.165) is 17.3 Å². The number of carbonyl (C=O) groups excluding carboxylic acids is 1. The molecule has 1 aromatic heterocycles. The number of nitrogens with zero attached hydrogens (tertiary/aromatic N) is 2. The van der Waals surface area contributed by atoms with Gasteiger partial charge in [0.05, 0.1) is 17.9 Å². The Morgan fingerprint density at radius 1 is 1.37 bits per heavy atom. The van der Waals surface area contributed by atoms with Crippen molar-refractivity contribution in [3.63, 3.8) is 0 Å². The number of aromatic nitrogens is 2. The number of rotatable bonds is 5. The number of aryl methyl sites for hydroxylation is 1. The minimum Gasteiger partial charge on any atom is -0.481 e. The SMILES string of the molecule is O=C(O)CCc1cccc(NC(=O)c2cnsn2)c1. The van der Waals surface area contributed by atoms with Crippen molar-refractivity contribution >= 4 is 29.3 Å². The molecule has 1 heterocycles. The molecule has 0 atom stereocenters. The van der Waals surface area contributed by atoms with Crippen molar-refractivity contribution in [3.8, 4) is 0 Å². The van der Waals surface area contributed by atoms with Gasteiger partial charge in [-0.1, -0.05) is 12.1 Å². The first-order chi connectivity index (χ1) is 9.15. The summed E-state index contributed by atoms with van der Waals surface area (Å²) >= 11 is 0.967. The molecule has 2 aromatic rings. The van der Waals surface area contributed by atoms with Crippen LogP contribution in [-0.4, -0.2) is 25.7 Å². The van der Waals surface area contributed by atoms with Crippen LogP contribution in [0.1, 0.15) is 22.5 Å². The van der Waals surface area contributed by atoms with E-state index in [1.165, 1.54) is 6.20 Å². The number of carboxylic acids is 1. The highest BCUT2D eigenvalue weighted by Crippen LogP contribution is 2.13. The highest BCUT2D eigenvalue weighted by Gasteiger charge is 2.09. The van der Waals surface area contributed by atoms with Gasteiger partial charge in [-0.05, 0) is 24.1 Å². The maximum atomic E-state index is 11.8. The molecule has 6 nitrogen and oxygen atoms in total. The number of hydrogen-bond donors (Lipinski definition) is 2. The van der Waals surface area contributed by atoms with Crippen LogP contribution in [0.4, 0.5) is 5.69 Å². The molecule has 0 radical (unpaired) electrons. The Kier molecular flexibility index (Phi) is 4.19. The summed E-state index contributed by atoms with van der Waals surface area (Å²) in [6.45, 7) is 0. The van der Waals surface area contributed by atoms with Gasteiger partial charge >= 0.3 is 5.97 Å². The maximum absolute atomic E-state index is 11.8. The molecule has 0 aliphatic carbocycles. The molecule has 1 amide bonds. The number of aliphatic carboxylic acids is 1. The van der Waals surface area contributed by atoms with Crippen LogP contribution in [0, 0.1) is 0 Å². The summed E-state index contributed by atoms with van der Waals surface area (Å²) in [5.74, 6) is -1.17. The summed E-state index contributed by atoms with van der Waals surface area (Å²) in [6.07, 6.45) is 1.89. The van der Waals surface area contributed by atoms with Crippen LogP contribution in [0.5, 0.6) is 0 Å². The summed E-state index contributed by atoms with van der Waals surface area (Å²) in [5.41, 5.74) is 1.73. The Labute approximate surface area is 113 Å². The van der Waals surface area contributed by atoms with E-state index < -0.39 is 5.97 Å². The molecule has 0 saturated heterocycles. The van der Waals surface area contributed by atoms with Crippen LogP contribution in [0.3, 0.4) is 0 Å². The van der Waals surface area contributed by atoms with E-state index in [1.807, 2.05) is 6.07 Å². The van der Waals surface area contributed by atoms with Gasteiger partial charge in [0.15, 0.2) is 5.69 Å². The van der Waals surface area contributed by atoms with Crippen molar-refractivity contribution in [3.05, 3.63) is 41.7 Å². The molecule has 0 saturated carbocycles.